The van der Waals surface area contributed by atoms with Crippen LogP contribution in [-0.4, -0.2) is 27.5 Å². The summed E-state index contributed by atoms with van der Waals surface area (Å²) < 4.78 is 7.75. The van der Waals surface area contributed by atoms with Gasteiger partial charge in [0.15, 0.2) is 0 Å². The maximum atomic E-state index is 5.89. The molecule has 1 saturated carbocycles. The van der Waals surface area contributed by atoms with Gasteiger partial charge in [-0.1, -0.05) is 0 Å². The van der Waals surface area contributed by atoms with Crippen molar-refractivity contribution in [1.29, 1.82) is 0 Å². The quantitative estimate of drug-likeness (QED) is 0.747. The van der Waals surface area contributed by atoms with Gasteiger partial charge in [0.1, 0.15) is 11.6 Å². The van der Waals surface area contributed by atoms with Gasteiger partial charge in [-0.25, -0.2) is 0 Å². The first-order chi connectivity index (χ1) is 8.65. The molecule has 1 aromatic heterocycles. The molecule has 0 aromatic carbocycles. The summed E-state index contributed by atoms with van der Waals surface area (Å²) in [5, 5.41) is 8.46. The molecule has 4 nitrogen and oxygen atoms in total. The lowest BCUT2D eigenvalue weighted by molar-refractivity contribution is -0.0247. The van der Waals surface area contributed by atoms with E-state index < -0.39 is 0 Å². The molecule has 0 unspecified atom stereocenters. The fourth-order valence-electron chi connectivity index (χ4n) is 2.66. The summed E-state index contributed by atoms with van der Waals surface area (Å²) in [5.74, 6) is 3.06. The lowest BCUT2D eigenvalue weighted by atomic mass is 9.80. The third-order valence-corrected chi connectivity index (χ3v) is 3.78. The number of ether oxygens (including phenoxy) is 1. The van der Waals surface area contributed by atoms with Crippen LogP contribution in [0.5, 0.6) is 0 Å². The van der Waals surface area contributed by atoms with Gasteiger partial charge in [0.25, 0.3) is 0 Å². The van der Waals surface area contributed by atoms with E-state index in [1.165, 1.54) is 0 Å². The van der Waals surface area contributed by atoms with E-state index in [1.54, 1.807) is 0 Å². The van der Waals surface area contributed by atoms with E-state index in [4.69, 9.17) is 16.3 Å². The van der Waals surface area contributed by atoms with Gasteiger partial charge in [-0.3, -0.25) is 0 Å². The van der Waals surface area contributed by atoms with Crippen LogP contribution in [0, 0.1) is 5.92 Å². The Hall–Kier alpha value is -0.610. The molecule has 0 bridgehead atoms. The van der Waals surface area contributed by atoms with Gasteiger partial charge in [0.2, 0.25) is 0 Å². The number of alkyl halides is 1. The average Bonchev–Trinajstić information content (AvgIpc) is 2.69. The number of nitrogens with zero attached hydrogens (tertiary/aromatic N) is 3. The van der Waals surface area contributed by atoms with Crippen LogP contribution in [0.4, 0.5) is 0 Å². The minimum absolute atomic E-state index is 0.367. The highest BCUT2D eigenvalue weighted by Crippen LogP contribution is 2.33. The van der Waals surface area contributed by atoms with Crippen LogP contribution in [0.15, 0.2) is 0 Å². The number of halogens is 1. The lowest BCUT2D eigenvalue weighted by Gasteiger charge is -2.34. The molecule has 1 heterocycles. The Morgan fingerprint density at radius 3 is 2.56 bits per heavy atom. The summed E-state index contributed by atoms with van der Waals surface area (Å²) in [5.41, 5.74) is 0. The predicted octanol–water partition coefficient (Wildman–Crippen LogP) is 2.96. The Bertz CT molecular complexity index is 386. The molecule has 0 amide bonds. The molecule has 0 saturated heterocycles. The van der Waals surface area contributed by atoms with Gasteiger partial charge in [0, 0.05) is 19.1 Å². The maximum absolute atomic E-state index is 5.89. The summed E-state index contributed by atoms with van der Waals surface area (Å²) in [6.07, 6.45) is 3.75. The summed E-state index contributed by atoms with van der Waals surface area (Å²) in [6.45, 7) is 7.16. The van der Waals surface area contributed by atoms with E-state index in [0.29, 0.717) is 23.9 Å². The molecule has 0 aliphatic heterocycles. The molecular weight excluding hydrogens is 250 g/mol. The first-order valence-electron chi connectivity index (χ1n) is 6.75. The zero-order valence-corrected chi connectivity index (χ0v) is 12.2. The molecule has 0 N–H and O–H groups in total. The third-order valence-electron chi connectivity index (χ3n) is 3.54. The van der Waals surface area contributed by atoms with Crippen molar-refractivity contribution in [2.45, 2.75) is 58.1 Å². The SMILES string of the molecule is CCOC1CC(Cc2nnc(CCl)n2C(C)C)C1. The molecule has 1 aromatic rings. The van der Waals surface area contributed by atoms with Crippen molar-refractivity contribution >= 4 is 11.6 Å². The van der Waals surface area contributed by atoms with Crippen LogP contribution >= 0.6 is 11.6 Å². The fraction of sp³-hybridized carbons (Fsp3) is 0.846. The monoisotopic (exact) mass is 271 g/mol. The normalized spacial score (nSPS) is 23.4. The summed E-state index contributed by atoms with van der Waals surface area (Å²) in [4.78, 5) is 0. The van der Waals surface area contributed by atoms with Crippen molar-refractivity contribution in [2.75, 3.05) is 6.61 Å². The predicted molar refractivity (Wildman–Crippen MR) is 71.8 cm³/mol. The number of hydrogen-bond acceptors (Lipinski definition) is 3. The Balaban J connectivity index is 1.96. The first kappa shape index (κ1) is 13.8. The Kier molecular flexibility index (Phi) is 4.62. The zero-order valence-electron chi connectivity index (χ0n) is 11.4. The summed E-state index contributed by atoms with van der Waals surface area (Å²) in [6, 6.07) is 0.367. The van der Waals surface area contributed by atoms with Gasteiger partial charge in [-0.2, -0.15) is 0 Å². The highest BCUT2D eigenvalue weighted by molar-refractivity contribution is 6.16. The fourth-order valence-corrected chi connectivity index (χ4v) is 2.84. The van der Waals surface area contributed by atoms with Gasteiger partial charge in [-0.15, -0.1) is 21.8 Å². The van der Waals surface area contributed by atoms with Crippen LogP contribution in [-0.2, 0) is 17.0 Å². The second-order valence-electron chi connectivity index (χ2n) is 5.25. The molecule has 0 radical (unpaired) electrons. The van der Waals surface area contributed by atoms with Crippen LogP contribution < -0.4 is 0 Å². The maximum Gasteiger partial charge on any atom is 0.148 e. The van der Waals surface area contributed by atoms with Crippen LogP contribution in [0.25, 0.3) is 0 Å². The topological polar surface area (TPSA) is 39.9 Å². The molecule has 0 atom stereocenters. The van der Waals surface area contributed by atoms with E-state index in [9.17, 15) is 0 Å². The minimum atomic E-state index is 0.367. The number of hydrogen-bond donors (Lipinski definition) is 0. The molecule has 0 spiro atoms. The van der Waals surface area contributed by atoms with Crippen LogP contribution in [0.2, 0.25) is 0 Å². The highest BCUT2D eigenvalue weighted by Gasteiger charge is 2.31. The van der Waals surface area contributed by atoms with Crippen molar-refractivity contribution in [2.24, 2.45) is 5.92 Å². The molecule has 1 fully saturated rings. The van der Waals surface area contributed by atoms with E-state index >= 15 is 0 Å². The van der Waals surface area contributed by atoms with Gasteiger partial charge >= 0.3 is 0 Å². The van der Waals surface area contributed by atoms with Crippen LogP contribution in [0.1, 0.15) is 51.3 Å². The van der Waals surface area contributed by atoms with Gasteiger partial charge in [0.05, 0.1) is 12.0 Å². The van der Waals surface area contributed by atoms with Crippen LogP contribution in [0.3, 0.4) is 0 Å². The second kappa shape index (κ2) is 6.02. The number of rotatable bonds is 6. The zero-order chi connectivity index (χ0) is 13.1. The Labute approximate surface area is 114 Å². The average molecular weight is 272 g/mol. The molecular formula is C13H22ClN3O. The van der Waals surface area contributed by atoms with Crippen molar-refractivity contribution in [3.8, 4) is 0 Å². The van der Waals surface area contributed by atoms with Crippen molar-refractivity contribution < 1.29 is 4.74 Å². The molecule has 1 aliphatic carbocycles. The largest absolute Gasteiger partial charge is 0.378 e. The molecule has 102 valence electrons. The Morgan fingerprint density at radius 2 is 2.00 bits per heavy atom. The summed E-state index contributed by atoms with van der Waals surface area (Å²) in [7, 11) is 0. The second-order valence-corrected chi connectivity index (χ2v) is 5.52. The van der Waals surface area contributed by atoms with E-state index in [1.807, 2.05) is 0 Å². The first-order valence-corrected chi connectivity index (χ1v) is 7.29. The third kappa shape index (κ3) is 2.86. The van der Waals surface area contributed by atoms with Crippen molar-refractivity contribution in [3.63, 3.8) is 0 Å². The Morgan fingerprint density at radius 1 is 1.33 bits per heavy atom. The number of aromatic nitrogens is 3. The summed E-state index contributed by atoms with van der Waals surface area (Å²) >= 11 is 5.89. The molecule has 5 heteroatoms. The van der Waals surface area contributed by atoms with E-state index in [0.717, 1.165) is 37.5 Å². The molecule has 2 rings (SSSR count). The van der Waals surface area contributed by atoms with Gasteiger partial charge < -0.3 is 9.30 Å². The van der Waals surface area contributed by atoms with E-state index in [2.05, 4.69) is 35.5 Å². The molecule has 18 heavy (non-hydrogen) atoms. The lowest BCUT2D eigenvalue weighted by Crippen LogP contribution is -2.33. The van der Waals surface area contributed by atoms with Crippen molar-refractivity contribution in [3.05, 3.63) is 11.6 Å². The van der Waals surface area contributed by atoms with Gasteiger partial charge in [-0.05, 0) is 39.5 Å². The molecule has 1 aliphatic rings. The standard InChI is InChI=1S/C13H22ClN3O/c1-4-18-11-5-10(6-11)7-12-15-16-13(8-14)17(12)9(2)3/h9-11H,4-8H2,1-3H3. The smallest absolute Gasteiger partial charge is 0.148 e. The van der Waals surface area contributed by atoms with E-state index in [-0.39, 0.29) is 0 Å². The highest BCUT2D eigenvalue weighted by atomic mass is 35.5. The minimum Gasteiger partial charge on any atom is -0.378 e. The van der Waals surface area contributed by atoms with Crippen molar-refractivity contribution in [1.82, 2.24) is 14.8 Å².